The maximum Gasteiger partial charge on any atom is 0.224 e. The SMILES string of the molecule is CCCc1nc(CNC(=O)[C@@H]2CCCN(Cc3ccco3)C2)cs1. The summed E-state index contributed by atoms with van der Waals surface area (Å²) in [5.74, 6) is 1.16. The Hall–Kier alpha value is -1.66. The molecule has 0 aliphatic carbocycles. The fourth-order valence-electron chi connectivity index (χ4n) is 3.12. The lowest BCUT2D eigenvalue weighted by Gasteiger charge is -2.31. The van der Waals surface area contributed by atoms with Gasteiger partial charge in [-0.05, 0) is 44.4 Å². The molecule has 5 nitrogen and oxygen atoms in total. The number of hydrogen-bond acceptors (Lipinski definition) is 5. The Kier molecular flexibility index (Phi) is 6.04. The number of amides is 1. The van der Waals surface area contributed by atoms with E-state index in [1.165, 1.54) is 0 Å². The van der Waals surface area contributed by atoms with Gasteiger partial charge in [-0.2, -0.15) is 0 Å². The molecule has 1 N–H and O–H groups in total. The second-order valence-electron chi connectivity index (χ2n) is 6.35. The third kappa shape index (κ3) is 4.68. The predicted molar refractivity (Wildman–Crippen MR) is 94.7 cm³/mol. The van der Waals surface area contributed by atoms with Crippen LogP contribution < -0.4 is 5.32 Å². The van der Waals surface area contributed by atoms with Crippen molar-refractivity contribution in [1.29, 1.82) is 0 Å². The summed E-state index contributed by atoms with van der Waals surface area (Å²) in [5, 5.41) is 6.27. The fraction of sp³-hybridized carbons (Fsp3) is 0.556. The molecule has 0 radical (unpaired) electrons. The number of rotatable bonds is 7. The predicted octanol–water partition coefficient (Wildman–Crippen LogP) is 3.22. The smallest absolute Gasteiger partial charge is 0.224 e. The van der Waals surface area contributed by atoms with Crippen LogP contribution in [0.4, 0.5) is 0 Å². The van der Waals surface area contributed by atoms with Crippen LogP contribution in [0, 0.1) is 5.92 Å². The van der Waals surface area contributed by atoms with Crippen LogP contribution in [0.25, 0.3) is 0 Å². The van der Waals surface area contributed by atoms with Gasteiger partial charge in [0.1, 0.15) is 5.76 Å². The van der Waals surface area contributed by atoms with Gasteiger partial charge in [0.15, 0.2) is 0 Å². The topological polar surface area (TPSA) is 58.4 Å². The van der Waals surface area contributed by atoms with Gasteiger partial charge in [0, 0.05) is 11.9 Å². The van der Waals surface area contributed by atoms with Crippen molar-refractivity contribution >= 4 is 17.2 Å². The number of carbonyl (C=O) groups excluding carboxylic acids is 1. The molecule has 1 aliphatic heterocycles. The van der Waals surface area contributed by atoms with Crippen LogP contribution >= 0.6 is 11.3 Å². The lowest BCUT2D eigenvalue weighted by molar-refractivity contribution is -0.127. The van der Waals surface area contributed by atoms with Gasteiger partial charge >= 0.3 is 0 Å². The van der Waals surface area contributed by atoms with Crippen LogP contribution in [0.5, 0.6) is 0 Å². The van der Waals surface area contributed by atoms with Crippen molar-refractivity contribution in [1.82, 2.24) is 15.2 Å². The van der Waals surface area contributed by atoms with Crippen LogP contribution in [-0.4, -0.2) is 28.9 Å². The van der Waals surface area contributed by atoms with E-state index in [1.54, 1.807) is 17.6 Å². The largest absolute Gasteiger partial charge is 0.468 e. The second kappa shape index (κ2) is 8.44. The van der Waals surface area contributed by atoms with Crippen LogP contribution in [-0.2, 0) is 24.3 Å². The van der Waals surface area contributed by atoms with Crippen LogP contribution in [0.2, 0.25) is 0 Å². The normalized spacial score (nSPS) is 18.6. The van der Waals surface area contributed by atoms with Crippen molar-refractivity contribution < 1.29 is 9.21 Å². The van der Waals surface area contributed by atoms with E-state index in [0.29, 0.717) is 6.54 Å². The number of aryl methyl sites for hydroxylation is 1. The highest BCUT2D eigenvalue weighted by Gasteiger charge is 2.26. The third-order valence-electron chi connectivity index (χ3n) is 4.34. The lowest BCUT2D eigenvalue weighted by Crippen LogP contribution is -2.42. The molecule has 1 amide bonds. The van der Waals surface area contributed by atoms with E-state index in [0.717, 1.165) is 61.8 Å². The molecule has 3 heterocycles. The molecule has 2 aromatic rings. The number of thiazole rings is 1. The van der Waals surface area contributed by atoms with Gasteiger partial charge in [-0.3, -0.25) is 9.69 Å². The fourth-order valence-corrected chi connectivity index (χ4v) is 4.02. The minimum absolute atomic E-state index is 0.0578. The molecule has 0 bridgehead atoms. The quantitative estimate of drug-likeness (QED) is 0.835. The summed E-state index contributed by atoms with van der Waals surface area (Å²) in [5.41, 5.74) is 0.972. The Morgan fingerprint density at radius 1 is 1.54 bits per heavy atom. The van der Waals surface area contributed by atoms with E-state index in [9.17, 15) is 4.79 Å². The molecular formula is C18H25N3O2S. The van der Waals surface area contributed by atoms with Gasteiger partial charge < -0.3 is 9.73 Å². The highest BCUT2D eigenvalue weighted by molar-refractivity contribution is 7.09. The monoisotopic (exact) mass is 347 g/mol. The van der Waals surface area contributed by atoms with Gasteiger partial charge in [-0.15, -0.1) is 11.3 Å². The van der Waals surface area contributed by atoms with Crippen molar-refractivity contribution in [3.63, 3.8) is 0 Å². The first-order valence-corrected chi connectivity index (χ1v) is 9.58. The Labute approximate surface area is 147 Å². The molecule has 0 aromatic carbocycles. The maximum absolute atomic E-state index is 12.5. The van der Waals surface area contributed by atoms with Gasteiger partial charge in [0.25, 0.3) is 0 Å². The minimum Gasteiger partial charge on any atom is -0.468 e. The molecule has 1 saturated heterocycles. The van der Waals surface area contributed by atoms with E-state index in [4.69, 9.17) is 4.42 Å². The number of carbonyl (C=O) groups is 1. The van der Waals surface area contributed by atoms with Gasteiger partial charge in [-0.1, -0.05) is 6.92 Å². The Morgan fingerprint density at radius 2 is 2.46 bits per heavy atom. The van der Waals surface area contributed by atoms with Crippen LogP contribution in [0.3, 0.4) is 0 Å². The Morgan fingerprint density at radius 3 is 3.25 bits per heavy atom. The molecule has 0 spiro atoms. The van der Waals surface area contributed by atoms with E-state index in [2.05, 4.69) is 27.5 Å². The highest BCUT2D eigenvalue weighted by atomic mass is 32.1. The summed E-state index contributed by atoms with van der Waals surface area (Å²) in [6.07, 6.45) is 5.83. The van der Waals surface area contributed by atoms with E-state index < -0.39 is 0 Å². The molecule has 1 aliphatic rings. The average molecular weight is 347 g/mol. The number of nitrogens with zero attached hydrogens (tertiary/aromatic N) is 2. The Balaban J connectivity index is 1.47. The standard InChI is InChI=1S/C18H25N3O2S/c1-2-5-17-20-15(13-24-17)10-19-18(22)14-6-3-8-21(11-14)12-16-7-4-9-23-16/h4,7,9,13-14H,2-3,5-6,8,10-12H2,1H3,(H,19,22)/t14-/m1/s1. The van der Waals surface area contributed by atoms with Crippen molar-refractivity contribution in [2.75, 3.05) is 13.1 Å². The molecule has 1 fully saturated rings. The molecule has 0 saturated carbocycles. The first-order valence-electron chi connectivity index (χ1n) is 8.70. The zero-order valence-corrected chi connectivity index (χ0v) is 15.0. The number of furan rings is 1. The molecule has 3 rings (SSSR count). The average Bonchev–Trinajstić information content (AvgIpc) is 3.25. The van der Waals surface area contributed by atoms with Crippen molar-refractivity contribution in [2.45, 2.75) is 45.7 Å². The summed E-state index contributed by atoms with van der Waals surface area (Å²) < 4.78 is 5.41. The van der Waals surface area contributed by atoms with Crippen LogP contribution in [0.1, 0.15) is 42.6 Å². The number of likely N-dealkylation sites (tertiary alicyclic amines) is 1. The summed E-state index contributed by atoms with van der Waals surface area (Å²) in [7, 11) is 0. The summed E-state index contributed by atoms with van der Waals surface area (Å²) in [4.78, 5) is 19.3. The second-order valence-corrected chi connectivity index (χ2v) is 7.30. The van der Waals surface area contributed by atoms with Crippen molar-refractivity contribution in [3.05, 3.63) is 40.2 Å². The van der Waals surface area contributed by atoms with Gasteiger partial charge in [0.2, 0.25) is 5.91 Å². The summed E-state index contributed by atoms with van der Waals surface area (Å²) >= 11 is 1.68. The van der Waals surface area contributed by atoms with E-state index >= 15 is 0 Å². The van der Waals surface area contributed by atoms with Gasteiger partial charge in [-0.25, -0.2) is 4.98 Å². The highest BCUT2D eigenvalue weighted by Crippen LogP contribution is 2.19. The zero-order valence-electron chi connectivity index (χ0n) is 14.2. The molecule has 6 heteroatoms. The number of aromatic nitrogens is 1. The number of nitrogens with one attached hydrogen (secondary N) is 1. The van der Waals surface area contributed by atoms with Crippen LogP contribution in [0.15, 0.2) is 28.2 Å². The van der Waals surface area contributed by atoms with Gasteiger partial charge in [0.05, 0.1) is 36.0 Å². The van der Waals surface area contributed by atoms with Crippen molar-refractivity contribution in [2.24, 2.45) is 5.92 Å². The van der Waals surface area contributed by atoms with Crippen molar-refractivity contribution in [3.8, 4) is 0 Å². The molecule has 1 atom stereocenters. The third-order valence-corrected chi connectivity index (χ3v) is 5.30. The summed E-state index contributed by atoms with van der Waals surface area (Å²) in [6.45, 7) is 5.29. The first kappa shape index (κ1) is 17.2. The molecule has 130 valence electrons. The van der Waals surface area contributed by atoms with E-state index in [1.807, 2.05) is 12.1 Å². The maximum atomic E-state index is 12.5. The molecular weight excluding hydrogens is 322 g/mol. The minimum atomic E-state index is 0.0578. The Bertz CT molecular complexity index is 638. The molecule has 24 heavy (non-hydrogen) atoms. The summed E-state index contributed by atoms with van der Waals surface area (Å²) in [6, 6.07) is 3.89. The van der Waals surface area contributed by atoms with E-state index in [-0.39, 0.29) is 11.8 Å². The lowest BCUT2D eigenvalue weighted by atomic mass is 9.97. The number of piperidine rings is 1. The molecule has 2 aromatic heterocycles. The number of hydrogen-bond donors (Lipinski definition) is 1. The first-order chi connectivity index (χ1) is 11.7. The molecule has 0 unspecified atom stereocenters. The zero-order chi connectivity index (χ0) is 16.8.